The molecule has 0 aliphatic carbocycles. The molecule has 0 saturated carbocycles. The highest BCUT2D eigenvalue weighted by Gasteiger charge is 2.11. The van der Waals surface area contributed by atoms with Crippen LogP contribution in [0.5, 0.6) is 16.7 Å². The molecule has 0 aliphatic rings. The van der Waals surface area contributed by atoms with Crippen molar-refractivity contribution in [1.29, 1.82) is 0 Å². The van der Waals surface area contributed by atoms with E-state index in [-0.39, 0.29) is 12.3 Å². The molecule has 1 heterocycles. The lowest BCUT2D eigenvalue weighted by Crippen LogP contribution is -2.20. The van der Waals surface area contributed by atoms with Crippen molar-refractivity contribution >= 4 is 39.1 Å². The Balaban J connectivity index is 1.84. The number of methoxy groups -OCH3 is 1. The molecule has 1 amide bonds. The van der Waals surface area contributed by atoms with E-state index in [2.05, 4.69) is 10.3 Å². The summed E-state index contributed by atoms with van der Waals surface area (Å²) in [6.45, 7) is 0. The molecule has 0 bridgehead atoms. The maximum absolute atomic E-state index is 11.5. The Bertz CT molecular complexity index is 895. The van der Waals surface area contributed by atoms with Crippen LogP contribution in [0.3, 0.4) is 0 Å². The molecule has 5 nitrogen and oxygen atoms in total. The number of rotatable bonds is 5. The van der Waals surface area contributed by atoms with Crippen molar-refractivity contribution in [3.8, 4) is 16.7 Å². The van der Waals surface area contributed by atoms with Crippen LogP contribution in [0, 0.1) is 0 Å². The van der Waals surface area contributed by atoms with Crippen LogP contribution >= 0.6 is 22.9 Å². The zero-order valence-electron chi connectivity index (χ0n) is 13.1. The Morgan fingerprint density at radius 1 is 1.29 bits per heavy atom. The summed E-state index contributed by atoms with van der Waals surface area (Å²) in [7, 11) is 3.16. The van der Waals surface area contributed by atoms with Crippen LogP contribution < -0.4 is 14.8 Å². The van der Waals surface area contributed by atoms with Crippen LogP contribution in [0.2, 0.25) is 5.02 Å². The van der Waals surface area contributed by atoms with Crippen LogP contribution in [0.4, 0.5) is 0 Å². The first-order chi connectivity index (χ1) is 11.6. The van der Waals surface area contributed by atoms with Gasteiger partial charge in [0.15, 0.2) is 0 Å². The summed E-state index contributed by atoms with van der Waals surface area (Å²) in [5.74, 6) is 1.11. The molecule has 0 spiro atoms. The Hall–Kier alpha value is -2.31. The van der Waals surface area contributed by atoms with E-state index in [4.69, 9.17) is 21.1 Å². The zero-order valence-corrected chi connectivity index (χ0v) is 14.7. The van der Waals surface area contributed by atoms with Crippen molar-refractivity contribution in [2.45, 2.75) is 6.42 Å². The molecule has 24 heavy (non-hydrogen) atoms. The molecule has 3 aromatic rings. The lowest BCUT2D eigenvalue weighted by Gasteiger charge is -2.10. The largest absolute Gasteiger partial charge is 0.496 e. The van der Waals surface area contributed by atoms with Gasteiger partial charge in [-0.05, 0) is 24.3 Å². The van der Waals surface area contributed by atoms with Crippen molar-refractivity contribution in [3.63, 3.8) is 0 Å². The predicted molar refractivity (Wildman–Crippen MR) is 95.5 cm³/mol. The van der Waals surface area contributed by atoms with E-state index in [1.165, 1.54) is 11.3 Å². The number of thiazole rings is 1. The summed E-state index contributed by atoms with van der Waals surface area (Å²) in [6.07, 6.45) is 0.250. The summed E-state index contributed by atoms with van der Waals surface area (Å²) in [5.41, 5.74) is 1.63. The number of carbonyl (C=O) groups is 1. The number of carbonyl (C=O) groups excluding carboxylic acids is 1. The molecular formula is C17H15ClN2O3S. The second-order valence-electron chi connectivity index (χ2n) is 5.02. The molecule has 2 aromatic carbocycles. The standard InChI is InChI=1S/C17H15ClN2O3S/c1-19-16(21)7-10-3-5-12(9-14(10)22-2)23-17-20-13-6-4-11(18)8-15(13)24-17/h3-6,8-9H,7H2,1-2H3,(H,19,21). The fraction of sp³-hybridized carbons (Fsp3) is 0.176. The summed E-state index contributed by atoms with van der Waals surface area (Å²) in [4.78, 5) is 16.0. The van der Waals surface area contributed by atoms with E-state index in [9.17, 15) is 4.79 Å². The summed E-state index contributed by atoms with van der Waals surface area (Å²) >= 11 is 7.40. The van der Waals surface area contributed by atoms with Gasteiger partial charge in [0.25, 0.3) is 5.19 Å². The molecule has 7 heteroatoms. The third kappa shape index (κ3) is 3.60. The number of hydrogen-bond acceptors (Lipinski definition) is 5. The van der Waals surface area contributed by atoms with Crippen molar-refractivity contribution in [2.24, 2.45) is 0 Å². The summed E-state index contributed by atoms with van der Waals surface area (Å²) in [5, 5.41) is 3.78. The minimum atomic E-state index is -0.0787. The molecule has 0 atom stereocenters. The first-order valence-electron chi connectivity index (χ1n) is 7.20. The minimum absolute atomic E-state index is 0.0787. The fourth-order valence-corrected chi connectivity index (χ4v) is 3.33. The minimum Gasteiger partial charge on any atom is -0.496 e. The highest BCUT2D eigenvalue weighted by molar-refractivity contribution is 7.20. The third-order valence-corrected chi connectivity index (χ3v) is 4.56. The Labute approximate surface area is 148 Å². The van der Waals surface area contributed by atoms with E-state index < -0.39 is 0 Å². The molecule has 0 radical (unpaired) electrons. The smallest absolute Gasteiger partial charge is 0.279 e. The van der Waals surface area contributed by atoms with E-state index >= 15 is 0 Å². The monoisotopic (exact) mass is 362 g/mol. The fourth-order valence-electron chi connectivity index (χ4n) is 2.22. The van der Waals surface area contributed by atoms with E-state index in [0.717, 1.165) is 15.8 Å². The van der Waals surface area contributed by atoms with Crippen LogP contribution in [-0.2, 0) is 11.2 Å². The number of benzene rings is 2. The van der Waals surface area contributed by atoms with Gasteiger partial charge in [-0.2, -0.15) is 0 Å². The Morgan fingerprint density at radius 2 is 2.12 bits per heavy atom. The zero-order chi connectivity index (χ0) is 17.1. The molecule has 0 fully saturated rings. The van der Waals surface area contributed by atoms with Crippen molar-refractivity contribution in [3.05, 3.63) is 47.0 Å². The topological polar surface area (TPSA) is 60.5 Å². The van der Waals surface area contributed by atoms with Crippen LogP contribution in [-0.4, -0.2) is 25.0 Å². The number of likely N-dealkylation sites (N-methyl/N-ethyl adjacent to an activating group) is 1. The number of amides is 1. The first-order valence-corrected chi connectivity index (χ1v) is 8.40. The van der Waals surface area contributed by atoms with Gasteiger partial charge in [-0.3, -0.25) is 4.79 Å². The highest BCUT2D eigenvalue weighted by atomic mass is 35.5. The van der Waals surface area contributed by atoms with Gasteiger partial charge in [-0.15, -0.1) is 0 Å². The molecule has 124 valence electrons. The summed E-state index contributed by atoms with van der Waals surface area (Å²) in [6, 6.07) is 10.9. The Kier molecular flexibility index (Phi) is 4.87. The van der Waals surface area contributed by atoms with Gasteiger partial charge < -0.3 is 14.8 Å². The van der Waals surface area contributed by atoms with Gasteiger partial charge in [-0.25, -0.2) is 4.98 Å². The molecule has 3 rings (SSSR count). The first kappa shape index (κ1) is 16.5. The molecule has 0 aliphatic heterocycles. The number of ether oxygens (including phenoxy) is 2. The number of nitrogens with one attached hydrogen (secondary N) is 1. The second kappa shape index (κ2) is 7.07. The summed E-state index contributed by atoms with van der Waals surface area (Å²) < 4.78 is 12.1. The molecular weight excluding hydrogens is 348 g/mol. The average Bonchev–Trinajstić information content (AvgIpc) is 2.97. The van der Waals surface area contributed by atoms with Gasteiger partial charge in [-0.1, -0.05) is 29.0 Å². The van der Waals surface area contributed by atoms with Gasteiger partial charge in [0, 0.05) is 23.7 Å². The quantitative estimate of drug-likeness (QED) is 0.744. The number of aromatic nitrogens is 1. The van der Waals surface area contributed by atoms with Gasteiger partial charge in [0.2, 0.25) is 5.91 Å². The van der Waals surface area contributed by atoms with Gasteiger partial charge >= 0.3 is 0 Å². The molecule has 1 aromatic heterocycles. The van der Waals surface area contributed by atoms with Crippen molar-refractivity contribution in [2.75, 3.05) is 14.2 Å². The average molecular weight is 363 g/mol. The van der Waals surface area contributed by atoms with Crippen molar-refractivity contribution < 1.29 is 14.3 Å². The second-order valence-corrected chi connectivity index (χ2v) is 6.45. The SMILES string of the molecule is CNC(=O)Cc1ccc(Oc2nc3ccc(Cl)cc3s2)cc1OC. The lowest BCUT2D eigenvalue weighted by atomic mass is 10.1. The van der Waals surface area contributed by atoms with Gasteiger partial charge in [0.1, 0.15) is 11.5 Å². The van der Waals surface area contributed by atoms with Crippen LogP contribution in [0.25, 0.3) is 10.2 Å². The van der Waals surface area contributed by atoms with Crippen LogP contribution in [0.15, 0.2) is 36.4 Å². The van der Waals surface area contributed by atoms with Gasteiger partial charge in [0.05, 0.1) is 23.7 Å². The lowest BCUT2D eigenvalue weighted by molar-refractivity contribution is -0.119. The maximum Gasteiger partial charge on any atom is 0.279 e. The normalized spacial score (nSPS) is 10.6. The Morgan fingerprint density at radius 3 is 2.88 bits per heavy atom. The predicted octanol–water partition coefficient (Wildman–Crippen LogP) is 4.04. The van der Waals surface area contributed by atoms with Crippen LogP contribution in [0.1, 0.15) is 5.56 Å². The van der Waals surface area contributed by atoms with E-state index in [0.29, 0.717) is 21.7 Å². The highest BCUT2D eigenvalue weighted by Crippen LogP contribution is 2.34. The molecule has 1 N–H and O–H groups in total. The maximum atomic E-state index is 11.5. The number of hydrogen-bond donors (Lipinski definition) is 1. The number of halogens is 1. The third-order valence-electron chi connectivity index (χ3n) is 3.42. The number of nitrogens with zero attached hydrogens (tertiary/aromatic N) is 1. The van der Waals surface area contributed by atoms with Crippen molar-refractivity contribution in [1.82, 2.24) is 10.3 Å². The van der Waals surface area contributed by atoms with E-state index in [1.807, 2.05) is 18.2 Å². The van der Waals surface area contributed by atoms with E-state index in [1.54, 1.807) is 32.4 Å². The number of fused-ring (bicyclic) bond motifs is 1. The molecule has 0 unspecified atom stereocenters. The molecule has 0 saturated heterocycles.